The first kappa shape index (κ1) is 5.58. The molecule has 0 fully saturated rings. The third-order valence-electron chi connectivity index (χ3n) is 0.454. The molecule has 0 unspecified atom stereocenters. The van der Waals surface area contributed by atoms with Gasteiger partial charge in [-0.1, -0.05) is 0 Å². The van der Waals surface area contributed by atoms with E-state index in [4.69, 9.17) is 5.73 Å². The van der Waals surface area contributed by atoms with Crippen molar-refractivity contribution in [2.45, 2.75) is 11.4 Å². The molecule has 0 rings (SSSR count). The second-order valence-corrected chi connectivity index (χ2v) is 2.48. The van der Waals surface area contributed by atoms with E-state index < -0.39 is 0 Å². The van der Waals surface area contributed by atoms with Gasteiger partial charge in [0, 0.05) is 0 Å². The van der Waals surface area contributed by atoms with Crippen LogP contribution in [0.15, 0.2) is 0 Å². The van der Waals surface area contributed by atoms with E-state index in [0.717, 1.165) is 6.54 Å². The minimum absolute atomic E-state index is 0.875. The van der Waals surface area contributed by atoms with E-state index in [0.29, 0.717) is 0 Å². The van der Waals surface area contributed by atoms with Crippen molar-refractivity contribution in [1.29, 1.82) is 0 Å². The van der Waals surface area contributed by atoms with Crippen molar-refractivity contribution < 1.29 is 18.3 Å². The summed E-state index contributed by atoms with van der Waals surface area (Å²) >= 11 is 1.40. The molecule has 2 heteroatoms. The number of hydrogen-bond donors (Lipinski definition) is 1. The molecule has 0 aromatic carbocycles. The standard InChI is InChI=1S/C3H8N.Zn/c1-2-3-4;/h1-4H2;. The summed E-state index contributed by atoms with van der Waals surface area (Å²) in [4.78, 5) is 0. The summed E-state index contributed by atoms with van der Waals surface area (Å²) in [5.74, 6) is 0. The van der Waals surface area contributed by atoms with E-state index in [1.807, 2.05) is 0 Å². The van der Waals surface area contributed by atoms with Gasteiger partial charge in [0.1, 0.15) is 0 Å². The van der Waals surface area contributed by atoms with Crippen molar-refractivity contribution in [3.05, 3.63) is 0 Å². The molecular weight excluding hydrogens is 115 g/mol. The Bertz CT molecular complexity index is 14.4. The molecule has 0 aromatic heterocycles. The van der Waals surface area contributed by atoms with E-state index in [2.05, 4.69) is 0 Å². The van der Waals surface area contributed by atoms with Crippen LogP contribution in [0, 0.1) is 0 Å². The second kappa shape index (κ2) is 4.58. The summed E-state index contributed by atoms with van der Waals surface area (Å²) in [5, 5.41) is 1.34. The molecule has 0 atom stereocenters. The van der Waals surface area contributed by atoms with Crippen LogP contribution in [0.25, 0.3) is 0 Å². The molecule has 0 aliphatic rings. The fourth-order valence-electron chi connectivity index (χ4n) is 0.144. The molecule has 0 aliphatic heterocycles. The molecule has 0 aliphatic carbocycles. The van der Waals surface area contributed by atoms with Gasteiger partial charge in [-0.2, -0.15) is 0 Å². The Labute approximate surface area is 42.6 Å². The van der Waals surface area contributed by atoms with Gasteiger partial charge >= 0.3 is 42.0 Å². The monoisotopic (exact) mass is 122 g/mol. The first-order chi connectivity index (χ1) is 2.41. The van der Waals surface area contributed by atoms with Crippen molar-refractivity contribution in [3.8, 4) is 0 Å². The summed E-state index contributed by atoms with van der Waals surface area (Å²) in [6, 6.07) is 0. The average Bonchev–Trinajstić information content (AvgIpc) is 1.41. The molecule has 0 aromatic rings. The topological polar surface area (TPSA) is 26.0 Å². The van der Waals surface area contributed by atoms with Crippen molar-refractivity contribution in [3.63, 3.8) is 0 Å². The predicted octanol–water partition coefficient (Wildman–Crippen LogP) is 0.300. The van der Waals surface area contributed by atoms with Crippen LogP contribution in [-0.2, 0) is 18.3 Å². The van der Waals surface area contributed by atoms with Crippen molar-refractivity contribution in [2.75, 3.05) is 6.54 Å². The molecule has 5 heavy (non-hydrogen) atoms. The molecule has 0 spiro atoms. The van der Waals surface area contributed by atoms with E-state index in [-0.39, 0.29) is 0 Å². The molecule has 0 bridgehead atoms. The van der Waals surface area contributed by atoms with Crippen LogP contribution in [0.3, 0.4) is 0 Å². The van der Waals surface area contributed by atoms with Crippen LogP contribution in [0.1, 0.15) is 6.42 Å². The average molecular weight is 123 g/mol. The zero-order chi connectivity index (χ0) is 4.12. The Morgan fingerprint density at radius 1 is 1.60 bits per heavy atom. The SMILES string of the molecule is NCC[CH2][Zn]. The van der Waals surface area contributed by atoms with Crippen LogP contribution in [0.4, 0.5) is 0 Å². The van der Waals surface area contributed by atoms with Gasteiger partial charge in [-0.15, -0.1) is 0 Å². The van der Waals surface area contributed by atoms with Crippen LogP contribution >= 0.6 is 0 Å². The Morgan fingerprint density at radius 3 is 2.20 bits per heavy atom. The normalized spacial score (nSPS) is 8.60. The van der Waals surface area contributed by atoms with Crippen molar-refractivity contribution >= 4 is 0 Å². The van der Waals surface area contributed by atoms with Crippen LogP contribution in [0.5, 0.6) is 0 Å². The zero-order valence-electron chi connectivity index (χ0n) is 3.41. The van der Waals surface area contributed by atoms with Gasteiger partial charge < -0.3 is 0 Å². The molecule has 0 radical (unpaired) electrons. The maximum absolute atomic E-state index is 5.16. The molecular formula is C3H8NZn. The van der Waals surface area contributed by atoms with Gasteiger partial charge in [0.2, 0.25) is 0 Å². The minimum atomic E-state index is 0.875. The van der Waals surface area contributed by atoms with Gasteiger partial charge in [-0.3, -0.25) is 0 Å². The van der Waals surface area contributed by atoms with E-state index >= 15 is 0 Å². The molecule has 0 saturated carbocycles. The number of hydrogen-bond acceptors (Lipinski definition) is 1. The van der Waals surface area contributed by atoms with E-state index in [9.17, 15) is 0 Å². The van der Waals surface area contributed by atoms with Gasteiger partial charge in [0.25, 0.3) is 0 Å². The Balaban J connectivity index is 2.19. The molecule has 27 valence electrons. The number of rotatable bonds is 2. The summed E-state index contributed by atoms with van der Waals surface area (Å²) in [6.07, 6.45) is 1.22. The van der Waals surface area contributed by atoms with Crippen LogP contribution in [-0.4, -0.2) is 6.54 Å². The Kier molecular flexibility index (Phi) is 5.12. The first-order valence-electron chi connectivity index (χ1n) is 1.91. The summed E-state index contributed by atoms with van der Waals surface area (Å²) in [6.45, 7) is 0.875. The Hall–Kier alpha value is 0.583. The van der Waals surface area contributed by atoms with Gasteiger partial charge in [-0.05, 0) is 0 Å². The van der Waals surface area contributed by atoms with Crippen LogP contribution in [0.2, 0.25) is 5.02 Å². The molecule has 1 nitrogen and oxygen atoms in total. The Morgan fingerprint density at radius 2 is 2.20 bits per heavy atom. The van der Waals surface area contributed by atoms with Gasteiger partial charge in [0.05, 0.1) is 0 Å². The fourth-order valence-corrected chi connectivity index (χ4v) is 0.750. The second-order valence-electron chi connectivity index (χ2n) is 0.996. The first-order valence-corrected chi connectivity index (χ1v) is 4.01. The summed E-state index contributed by atoms with van der Waals surface area (Å²) < 4.78 is 0. The fraction of sp³-hybridized carbons (Fsp3) is 1.00. The van der Waals surface area contributed by atoms with Crippen molar-refractivity contribution in [2.24, 2.45) is 5.73 Å². The third kappa shape index (κ3) is 4.58. The van der Waals surface area contributed by atoms with E-state index in [1.54, 1.807) is 0 Å². The number of nitrogens with two attached hydrogens (primary N) is 1. The van der Waals surface area contributed by atoms with Gasteiger partial charge in [0.15, 0.2) is 0 Å². The molecule has 2 N–H and O–H groups in total. The van der Waals surface area contributed by atoms with Gasteiger partial charge in [-0.25, -0.2) is 0 Å². The third-order valence-corrected chi connectivity index (χ3v) is 1.50. The van der Waals surface area contributed by atoms with Crippen molar-refractivity contribution in [1.82, 2.24) is 0 Å². The maximum atomic E-state index is 5.16. The quantitative estimate of drug-likeness (QED) is 0.525. The predicted molar refractivity (Wildman–Crippen MR) is 18.5 cm³/mol. The molecule has 0 heterocycles. The van der Waals surface area contributed by atoms with E-state index in [1.165, 1.54) is 29.7 Å². The molecule has 0 saturated heterocycles. The summed E-state index contributed by atoms with van der Waals surface area (Å²) in [5.41, 5.74) is 5.16. The van der Waals surface area contributed by atoms with Crippen LogP contribution < -0.4 is 5.73 Å². The molecule has 0 amide bonds. The summed E-state index contributed by atoms with van der Waals surface area (Å²) in [7, 11) is 0. The zero-order valence-corrected chi connectivity index (χ0v) is 6.37.